The Hall–Kier alpha value is -2.29. The number of hydrogen-bond donors (Lipinski definition) is 1. The highest BCUT2D eigenvalue weighted by Crippen LogP contribution is 2.36. The number of nitrogens with zero attached hydrogens (tertiary/aromatic N) is 4. The largest absolute Gasteiger partial charge is 0.462 e. The molecule has 0 saturated heterocycles. The van der Waals surface area contributed by atoms with Crippen molar-refractivity contribution in [2.45, 2.75) is 32.7 Å². The third kappa shape index (κ3) is 3.41. The number of rotatable bonds is 5. The smallest absolute Gasteiger partial charge is 0.338 e. The summed E-state index contributed by atoms with van der Waals surface area (Å²) in [5.41, 5.74) is 1.10. The molecule has 0 aliphatic carbocycles. The molecule has 7 nitrogen and oxygen atoms in total. The molecule has 1 N–H and O–H groups in total. The molecule has 0 fully saturated rings. The van der Waals surface area contributed by atoms with E-state index in [4.69, 9.17) is 4.74 Å². The topological polar surface area (TPSA) is 81.9 Å². The molecule has 1 unspecified atom stereocenters. The molecule has 1 aromatic heterocycles. The zero-order valence-corrected chi connectivity index (χ0v) is 15.4. The second-order valence-electron chi connectivity index (χ2n) is 5.67. The van der Waals surface area contributed by atoms with Crippen LogP contribution >= 0.6 is 15.9 Å². The third-order valence-electron chi connectivity index (χ3n) is 3.92. The van der Waals surface area contributed by atoms with Crippen LogP contribution in [0.1, 0.15) is 38.3 Å². The van der Waals surface area contributed by atoms with Crippen molar-refractivity contribution in [3.8, 4) is 0 Å². The van der Waals surface area contributed by atoms with Crippen LogP contribution in [-0.4, -0.2) is 32.8 Å². The number of benzene rings is 1. The highest BCUT2D eigenvalue weighted by atomic mass is 79.9. The first kappa shape index (κ1) is 17.5. The Kier molecular flexibility index (Phi) is 5.12. The maximum Gasteiger partial charge on any atom is 0.338 e. The van der Waals surface area contributed by atoms with Crippen LogP contribution in [0.3, 0.4) is 0 Å². The molecular weight excluding hydrogens is 393 g/mol. The van der Waals surface area contributed by atoms with Gasteiger partial charge in [-0.05, 0) is 42.0 Å². The second kappa shape index (κ2) is 7.30. The molecule has 0 spiro atoms. The molecule has 0 bridgehead atoms. The van der Waals surface area contributed by atoms with Crippen LogP contribution in [-0.2, 0) is 9.53 Å². The standard InChI is InChI=1S/C16H17BrFN5O2/c1-3-4-7-25-15(24)13-9(2)19-16-20-21-22-23(16)14(13)11-8-10(17)5-6-12(11)18/h5-6,8,14H,3-4,7H2,1-2H3,(H,19,20,22). The number of fused-ring (bicyclic) bond motifs is 1. The average molecular weight is 410 g/mol. The van der Waals surface area contributed by atoms with E-state index in [2.05, 4.69) is 36.8 Å². The summed E-state index contributed by atoms with van der Waals surface area (Å²) >= 11 is 3.34. The van der Waals surface area contributed by atoms with Gasteiger partial charge >= 0.3 is 5.97 Å². The predicted molar refractivity (Wildman–Crippen MR) is 92.2 cm³/mol. The first-order valence-electron chi connectivity index (χ1n) is 7.90. The minimum Gasteiger partial charge on any atom is -0.462 e. The fourth-order valence-corrected chi connectivity index (χ4v) is 3.05. The molecule has 1 aliphatic heterocycles. The SMILES string of the molecule is CCCCOC(=O)C1=C(C)Nc2nnnn2C1c1cc(Br)ccc1F. The van der Waals surface area contributed by atoms with E-state index in [-0.39, 0.29) is 11.1 Å². The highest BCUT2D eigenvalue weighted by Gasteiger charge is 2.36. The van der Waals surface area contributed by atoms with Gasteiger partial charge in [0.25, 0.3) is 0 Å². The number of carbonyl (C=O) groups is 1. The first-order chi connectivity index (χ1) is 12.0. The number of carbonyl (C=O) groups excluding carboxylic acids is 1. The van der Waals surface area contributed by atoms with E-state index in [0.717, 1.165) is 12.8 Å². The number of tetrazole rings is 1. The number of ether oxygens (including phenoxy) is 1. The van der Waals surface area contributed by atoms with Crippen LogP contribution in [0, 0.1) is 5.82 Å². The summed E-state index contributed by atoms with van der Waals surface area (Å²) < 4.78 is 22.0. The van der Waals surface area contributed by atoms with E-state index in [1.54, 1.807) is 19.1 Å². The van der Waals surface area contributed by atoms with Crippen molar-refractivity contribution in [3.63, 3.8) is 0 Å². The van der Waals surface area contributed by atoms with Gasteiger partial charge in [0, 0.05) is 15.7 Å². The van der Waals surface area contributed by atoms with E-state index in [0.29, 0.717) is 22.7 Å². The summed E-state index contributed by atoms with van der Waals surface area (Å²) in [4.78, 5) is 12.7. The Morgan fingerprint density at radius 2 is 2.28 bits per heavy atom. The number of unbranched alkanes of at least 4 members (excludes halogenated alkanes) is 1. The monoisotopic (exact) mass is 409 g/mol. The molecule has 3 rings (SSSR count). The molecule has 1 aromatic carbocycles. The van der Waals surface area contributed by atoms with Crippen molar-refractivity contribution < 1.29 is 13.9 Å². The van der Waals surface area contributed by atoms with Crippen LogP contribution in [0.5, 0.6) is 0 Å². The third-order valence-corrected chi connectivity index (χ3v) is 4.41. The average Bonchev–Trinajstić information content (AvgIpc) is 3.04. The van der Waals surface area contributed by atoms with E-state index >= 15 is 0 Å². The molecule has 9 heteroatoms. The van der Waals surface area contributed by atoms with Crippen molar-refractivity contribution in [1.29, 1.82) is 0 Å². The Balaban J connectivity index is 2.07. The van der Waals surface area contributed by atoms with Gasteiger partial charge in [0.15, 0.2) is 0 Å². The van der Waals surface area contributed by atoms with Crippen LogP contribution in [0.2, 0.25) is 0 Å². The Labute approximate surface area is 152 Å². The van der Waals surface area contributed by atoms with Gasteiger partial charge in [0.2, 0.25) is 5.95 Å². The number of esters is 1. The molecule has 2 aromatic rings. The van der Waals surface area contributed by atoms with Crippen molar-refractivity contribution in [1.82, 2.24) is 20.2 Å². The van der Waals surface area contributed by atoms with E-state index in [1.165, 1.54) is 10.7 Å². The summed E-state index contributed by atoms with van der Waals surface area (Å²) in [6, 6.07) is 3.73. The molecule has 25 heavy (non-hydrogen) atoms. The predicted octanol–water partition coefficient (Wildman–Crippen LogP) is 3.21. The fourth-order valence-electron chi connectivity index (χ4n) is 2.68. The van der Waals surface area contributed by atoms with Gasteiger partial charge < -0.3 is 10.1 Å². The Bertz CT molecular complexity index is 836. The van der Waals surface area contributed by atoms with Gasteiger partial charge in [-0.2, -0.15) is 4.68 Å². The molecule has 1 atom stereocenters. The number of halogens is 2. The van der Waals surface area contributed by atoms with E-state index in [9.17, 15) is 9.18 Å². The molecular formula is C16H17BrFN5O2. The van der Waals surface area contributed by atoms with Crippen molar-refractivity contribution in [2.24, 2.45) is 0 Å². The van der Waals surface area contributed by atoms with Gasteiger partial charge in [0.05, 0.1) is 12.2 Å². The molecule has 0 amide bonds. The quantitative estimate of drug-likeness (QED) is 0.602. The minimum atomic E-state index is -0.808. The van der Waals surface area contributed by atoms with E-state index < -0.39 is 17.8 Å². The number of aromatic nitrogens is 4. The zero-order valence-electron chi connectivity index (χ0n) is 13.8. The van der Waals surface area contributed by atoms with Crippen molar-refractivity contribution in [2.75, 3.05) is 11.9 Å². The minimum absolute atomic E-state index is 0.284. The van der Waals surface area contributed by atoms with E-state index in [1.807, 2.05) is 6.92 Å². The Morgan fingerprint density at radius 1 is 1.48 bits per heavy atom. The summed E-state index contributed by atoms with van der Waals surface area (Å²) in [6.45, 7) is 4.04. The van der Waals surface area contributed by atoms with Crippen molar-refractivity contribution in [3.05, 3.63) is 45.3 Å². The Morgan fingerprint density at radius 3 is 3.04 bits per heavy atom. The summed E-state index contributed by atoms with van der Waals surface area (Å²) in [6.07, 6.45) is 1.67. The lowest BCUT2D eigenvalue weighted by Gasteiger charge is -2.27. The van der Waals surface area contributed by atoms with Crippen LogP contribution < -0.4 is 5.32 Å². The summed E-state index contributed by atoms with van der Waals surface area (Å²) in [5.74, 6) is -0.626. The molecule has 1 aliphatic rings. The lowest BCUT2D eigenvalue weighted by atomic mass is 9.95. The number of allylic oxidation sites excluding steroid dienone is 1. The molecule has 132 valence electrons. The van der Waals surface area contributed by atoms with Crippen LogP contribution in [0.4, 0.5) is 10.3 Å². The maximum atomic E-state index is 14.5. The molecule has 0 radical (unpaired) electrons. The number of anilines is 1. The number of nitrogens with one attached hydrogen (secondary N) is 1. The normalized spacial score (nSPS) is 16.4. The lowest BCUT2D eigenvalue weighted by molar-refractivity contribution is -0.139. The lowest BCUT2D eigenvalue weighted by Crippen LogP contribution is -2.30. The fraction of sp³-hybridized carbons (Fsp3) is 0.375. The van der Waals surface area contributed by atoms with Crippen LogP contribution in [0.25, 0.3) is 0 Å². The number of hydrogen-bond acceptors (Lipinski definition) is 6. The maximum absolute atomic E-state index is 14.5. The van der Waals surface area contributed by atoms with Crippen molar-refractivity contribution >= 4 is 27.8 Å². The van der Waals surface area contributed by atoms with Crippen LogP contribution in [0.15, 0.2) is 33.9 Å². The van der Waals surface area contributed by atoms with Gasteiger partial charge in [-0.15, -0.1) is 0 Å². The second-order valence-corrected chi connectivity index (χ2v) is 6.58. The highest BCUT2D eigenvalue weighted by molar-refractivity contribution is 9.10. The zero-order chi connectivity index (χ0) is 18.0. The summed E-state index contributed by atoms with van der Waals surface area (Å²) in [5, 5.41) is 14.4. The molecule has 0 saturated carbocycles. The van der Waals surface area contributed by atoms with Gasteiger partial charge in [0.1, 0.15) is 11.9 Å². The first-order valence-corrected chi connectivity index (χ1v) is 8.70. The van der Waals surface area contributed by atoms with Gasteiger partial charge in [-0.3, -0.25) is 0 Å². The summed E-state index contributed by atoms with van der Waals surface area (Å²) in [7, 11) is 0. The molecule has 2 heterocycles. The van der Waals surface area contributed by atoms with Gasteiger partial charge in [-0.25, -0.2) is 9.18 Å². The van der Waals surface area contributed by atoms with Gasteiger partial charge in [-0.1, -0.05) is 34.4 Å².